The van der Waals surface area contributed by atoms with Gasteiger partial charge in [-0.1, -0.05) is 6.07 Å². The SMILES string of the molecule is CC(C)(C)OC(=O)N1[C@H]2CCC(C2)C[C@H]1C(=O)N[C@H](C#N)Cc1ccc(N2CCOCC2)cc1F. The van der Waals surface area contributed by atoms with Gasteiger partial charge in [0.1, 0.15) is 23.5 Å². The number of morpholine rings is 1. The number of anilines is 1. The second-order valence-electron chi connectivity index (χ2n) is 10.7. The Balaban J connectivity index is 1.43. The Morgan fingerprint density at radius 3 is 2.66 bits per heavy atom. The summed E-state index contributed by atoms with van der Waals surface area (Å²) < 4.78 is 25.8. The molecule has 2 bridgehead atoms. The largest absolute Gasteiger partial charge is 0.444 e. The molecule has 3 aliphatic rings. The lowest BCUT2D eigenvalue weighted by Crippen LogP contribution is -2.58. The van der Waals surface area contributed by atoms with Crippen molar-refractivity contribution in [1.29, 1.82) is 5.26 Å². The predicted molar refractivity (Wildman–Crippen MR) is 128 cm³/mol. The highest BCUT2D eigenvalue weighted by molar-refractivity contribution is 5.86. The molecule has 2 amide bonds. The number of carbonyl (C=O) groups excluding carboxylic acids is 2. The number of hydrogen-bond acceptors (Lipinski definition) is 6. The second-order valence-corrected chi connectivity index (χ2v) is 10.7. The van der Waals surface area contributed by atoms with Crippen molar-refractivity contribution in [2.45, 2.75) is 76.6 Å². The summed E-state index contributed by atoms with van der Waals surface area (Å²) in [6, 6.07) is 5.42. The van der Waals surface area contributed by atoms with Crippen LogP contribution in [0, 0.1) is 23.1 Å². The zero-order valence-corrected chi connectivity index (χ0v) is 20.8. The van der Waals surface area contributed by atoms with Crippen molar-refractivity contribution in [1.82, 2.24) is 10.2 Å². The summed E-state index contributed by atoms with van der Waals surface area (Å²) >= 11 is 0. The molecule has 0 aromatic heterocycles. The van der Waals surface area contributed by atoms with Gasteiger partial charge in [-0.2, -0.15) is 5.26 Å². The fourth-order valence-electron chi connectivity index (χ4n) is 5.36. The van der Waals surface area contributed by atoms with Crippen molar-refractivity contribution in [3.8, 4) is 6.07 Å². The average Bonchev–Trinajstić information content (AvgIpc) is 3.19. The molecular formula is C26H35FN4O4. The zero-order chi connectivity index (χ0) is 25.2. The van der Waals surface area contributed by atoms with Gasteiger partial charge < -0.3 is 19.7 Å². The van der Waals surface area contributed by atoms with Gasteiger partial charge in [-0.05, 0) is 70.1 Å². The summed E-state index contributed by atoms with van der Waals surface area (Å²) in [6.45, 7) is 8.01. The number of benzene rings is 1. The lowest BCUT2D eigenvalue weighted by molar-refractivity contribution is -0.129. The van der Waals surface area contributed by atoms with Crippen LogP contribution in [0.5, 0.6) is 0 Å². The van der Waals surface area contributed by atoms with Crippen LogP contribution in [0.3, 0.4) is 0 Å². The smallest absolute Gasteiger partial charge is 0.411 e. The second kappa shape index (κ2) is 10.4. The highest BCUT2D eigenvalue weighted by Crippen LogP contribution is 2.40. The number of nitrogens with zero attached hydrogens (tertiary/aromatic N) is 3. The van der Waals surface area contributed by atoms with Gasteiger partial charge in [0.2, 0.25) is 5.91 Å². The van der Waals surface area contributed by atoms with Crippen molar-refractivity contribution in [2.75, 3.05) is 31.2 Å². The molecule has 1 N–H and O–H groups in total. The molecular weight excluding hydrogens is 451 g/mol. The molecule has 1 aromatic carbocycles. The lowest BCUT2D eigenvalue weighted by Gasteiger charge is -2.40. The number of piperidine rings is 1. The normalized spacial score (nSPS) is 25.1. The third kappa shape index (κ3) is 6.04. The molecule has 8 nitrogen and oxygen atoms in total. The van der Waals surface area contributed by atoms with Crippen LogP contribution in [0.15, 0.2) is 18.2 Å². The van der Waals surface area contributed by atoms with E-state index in [-0.39, 0.29) is 18.4 Å². The summed E-state index contributed by atoms with van der Waals surface area (Å²) in [4.78, 5) is 29.9. The molecule has 2 aliphatic heterocycles. The Hall–Kier alpha value is -2.86. The van der Waals surface area contributed by atoms with Gasteiger partial charge in [0, 0.05) is 31.2 Å². The van der Waals surface area contributed by atoms with E-state index in [1.54, 1.807) is 31.7 Å². The molecule has 9 heteroatoms. The van der Waals surface area contributed by atoms with Crippen molar-refractivity contribution in [2.24, 2.45) is 5.92 Å². The van der Waals surface area contributed by atoms with Crippen molar-refractivity contribution in [3.05, 3.63) is 29.6 Å². The highest BCUT2D eigenvalue weighted by Gasteiger charge is 2.47. The summed E-state index contributed by atoms with van der Waals surface area (Å²) in [5.74, 6) is -0.418. The third-order valence-electron chi connectivity index (χ3n) is 7.02. The molecule has 0 spiro atoms. The van der Waals surface area contributed by atoms with Gasteiger partial charge in [-0.3, -0.25) is 9.69 Å². The Labute approximate surface area is 206 Å². The first-order chi connectivity index (χ1) is 16.6. The molecule has 3 fully saturated rings. The van der Waals surface area contributed by atoms with Crippen LogP contribution in [-0.4, -0.2) is 66.9 Å². The maximum Gasteiger partial charge on any atom is 0.411 e. The number of likely N-dealkylation sites (tertiary alicyclic amines) is 1. The van der Waals surface area contributed by atoms with E-state index in [0.717, 1.165) is 24.9 Å². The number of halogens is 1. The Morgan fingerprint density at radius 2 is 2.00 bits per heavy atom. The molecule has 4 atom stereocenters. The first-order valence-electron chi connectivity index (χ1n) is 12.5. The van der Waals surface area contributed by atoms with E-state index in [9.17, 15) is 19.2 Å². The zero-order valence-electron chi connectivity index (χ0n) is 20.8. The molecule has 4 rings (SSSR count). The van der Waals surface area contributed by atoms with E-state index in [1.807, 2.05) is 6.07 Å². The Bertz CT molecular complexity index is 983. The fraction of sp³-hybridized carbons (Fsp3) is 0.654. The standard InChI is InChI=1S/C26H35FN4O4/c1-26(2,3)35-25(33)31-21-6-4-17(12-21)13-23(31)24(32)29-19(16-28)14-18-5-7-20(15-22(18)27)30-8-10-34-11-9-30/h5,7,15,17,19,21,23H,4,6,8-14H2,1-3H3,(H,29,32)/t17?,19-,21-,23-/m0/s1. The molecule has 1 unspecified atom stereocenters. The van der Waals surface area contributed by atoms with E-state index in [1.165, 1.54) is 6.07 Å². The number of nitriles is 1. The van der Waals surface area contributed by atoms with E-state index in [0.29, 0.717) is 44.2 Å². The molecule has 35 heavy (non-hydrogen) atoms. The minimum Gasteiger partial charge on any atom is -0.444 e. The quantitative estimate of drug-likeness (QED) is 0.686. The maximum absolute atomic E-state index is 14.9. The van der Waals surface area contributed by atoms with E-state index < -0.39 is 29.6 Å². The number of rotatable bonds is 5. The number of hydrogen-bond donors (Lipinski definition) is 1. The predicted octanol–water partition coefficient (Wildman–Crippen LogP) is 3.39. The van der Waals surface area contributed by atoms with Crippen LogP contribution in [0.4, 0.5) is 14.9 Å². The highest BCUT2D eigenvalue weighted by atomic mass is 19.1. The first-order valence-corrected chi connectivity index (χ1v) is 12.5. The topological polar surface area (TPSA) is 94.9 Å². The van der Waals surface area contributed by atoms with Crippen LogP contribution in [-0.2, 0) is 20.7 Å². The van der Waals surface area contributed by atoms with Gasteiger partial charge in [0.25, 0.3) is 0 Å². The van der Waals surface area contributed by atoms with E-state index in [4.69, 9.17) is 9.47 Å². The van der Waals surface area contributed by atoms with Gasteiger partial charge in [-0.15, -0.1) is 0 Å². The van der Waals surface area contributed by atoms with Gasteiger partial charge >= 0.3 is 6.09 Å². The number of carbonyl (C=O) groups is 2. The minimum atomic E-state index is -0.911. The van der Waals surface area contributed by atoms with Crippen LogP contribution >= 0.6 is 0 Å². The van der Waals surface area contributed by atoms with Crippen LogP contribution in [0.25, 0.3) is 0 Å². The van der Waals surface area contributed by atoms with Crippen molar-refractivity contribution in [3.63, 3.8) is 0 Å². The monoisotopic (exact) mass is 486 g/mol. The van der Waals surface area contributed by atoms with Gasteiger partial charge in [0.05, 0.1) is 19.3 Å². The molecule has 1 saturated carbocycles. The molecule has 1 aliphatic carbocycles. The third-order valence-corrected chi connectivity index (χ3v) is 7.02. The maximum atomic E-state index is 14.9. The van der Waals surface area contributed by atoms with Crippen molar-refractivity contribution < 1.29 is 23.5 Å². The minimum absolute atomic E-state index is 0.0370. The number of amides is 2. The Morgan fingerprint density at radius 1 is 1.26 bits per heavy atom. The molecule has 190 valence electrons. The van der Waals surface area contributed by atoms with Crippen LogP contribution in [0.2, 0.25) is 0 Å². The number of nitrogens with one attached hydrogen (secondary N) is 1. The van der Waals surface area contributed by atoms with E-state index in [2.05, 4.69) is 16.3 Å². The Kier molecular flexibility index (Phi) is 7.50. The number of fused-ring (bicyclic) bond motifs is 2. The molecule has 2 heterocycles. The van der Waals surface area contributed by atoms with Crippen LogP contribution < -0.4 is 10.2 Å². The van der Waals surface area contributed by atoms with E-state index >= 15 is 0 Å². The van der Waals surface area contributed by atoms with Gasteiger partial charge in [0.15, 0.2) is 0 Å². The summed E-state index contributed by atoms with van der Waals surface area (Å²) in [5.41, 5.74) is 0.465. The van der Waals surface area contributed by atoms with Crippen molar-refractivity contribution >= 4 is 17.7 Å². The lowest BCUT2D eigenvalue weighted by atomic mass is 9.92. The molecule has 0 radical (unpaired) electrons. The summed E-state index contributed by atoms with van der Waals surface area (Å²) in [7, 11) is 0. The summed E-state index contributed by atoms with van der Waals surface area (Å²) in [6.07, 6.45) is 2.77. The average molecular weight is 487 g/mol. The van der Waals surface area contributed by atoms with Crippen LogP contribution in [0.1, 0.15) is 52.0 Å². The molecule has 2 saturated heterocycles. The fourth-order valence-corrected chi connectivity index (χ4v) is 5.36. The number of ether oxygens (including phenoxy) is 2. The molecule has 1 aromatic rings. The first kappa shape index (κ1) is 25.2. The van der Waals surface area contributed by atoms with Gasteiger partial charge in [-0.25, -0.2) is 9.18 Å². The summed E-state index contributed by atoms with van der Waals surface area (Å²) in [5, 5.41) is 12.5.